The monoisotopic (exact) mass is 380 g/mol. The summed E-state index contributed by atoms with van der Waals surface area (Å²) in [6.07, 6.45) is 3.55. The van der Waals surface area contributed by atoms with Gasteiger partial charge >= 0.3 is 0 Å². The highest BCUT2D eigenvalue weighted by Crippen LogP contribution is 2.17. The van der Waals surface area contributed by atoms with E-state index in [4.69, 9.17) is 0 Å². The van der Waals surface area contributed by atoms with E-state index in [0.29, 0.717) is 0 Å². The Labute approximate surface area is 166 Å². The number of carbonyl (C=O) groups is 1. The van der Waals surface area contributed by atoms with Crippen LogP contribution < -0.4 is 9.80 Å². The van der Waals surface area contributed by atoms with E-state index in [-0.39, 0.29) is 11.9 Å². The van der Waals surface area contributed by atoms with Crippen LogP contribution in [-0.4, -0.2) is 84.1 Å². The Balaban J connectivity index is 1.27. The maximum atomic E-state index is 13.0. The predicted octanol–water partition coefficient (Wildman–Crippen LogP) is 1.34. The lowest BCUT2D eigenvalue weighted by Crippen LogP contribution is -2.57. The summed E-state index contributed by atoms with van der Waals surface area (Å²) in [6, 6.07) is 12.2. The van der Waals surface area contributed by atoms with E-state index >= 15 is 0 Å². The van der Waals surface area contributed by atoms with Crippen LogP contribution in [-0.2, 0) is 4.79 Å². The number of amides is 1. The molecule has 28 heavy (non-hydrogen) atoms. The summed E-state index contributed by atoms with van der Waals surface area (Å²) in [5.41, 5.74) is 1.24. The van der Waals surface area contributed by atoms with Crippen molar-refractivity contribution in [3.05, 3.63) is 48.8 Å². The van der Waals surface area contributed by atoms with Crippen molar-refractivity contribution in [3.63, 3.8) is 0 Å². The lowest BCUT2D eigenvalue weighted by molar-refractivity contribution is -0.136. The van der Waals surface area contributed by atoms with Gasteiger partial charge in [0.1, 0.15) is 0 Å². The molecular weight excluding hydrogens is 352 g/mol. The zero-order valence-electron chi connectivity index (χ0n) is 16.4. The summed E-state index contributed by atoms with van der Waals surface area (Å²) < 4.78 is 0. The maximum absolute atomic E-state index is 13.0. The summed E-state index contributed by atoms with van der Waals surface area (Å²) in [5, 5.41) is 0. The third kappa shape index (κ3) is 4.09. The van der Waals surface area contributed by atoms with Crippen molar-refractivity contribution in [2.45, 2.75) is 13.0 Å². The molecule has 0 spiro atoms. The molecule has 4 rings (SSSR count). The number of benzene rings is 1. The van der Waals surface area contributed by atoms with Gasteiger partial charge in [-0.15, -0.1) is 0 Å². The van der Waals surface area contributed by atoms with E-state index < -0.39 is 0 Å². The zero-order valence-corrected chi connectivity index (χ0v) is 16.4. The molecule has 7 heteroatoms. The minimum atomic E-state index is -0.0814. The lowest BCUT2D eigenvalue weighted by Gasteiger charge is -2.41. The van der Waals surface area contributed by atoms with Crippen molar-refractivity contribution >= 4 is 17.5 Å². The van der Waals surface area contributed by atoms with E-state index in [0.717, 1.165) is 58.3 Å². The first kappa shape index (κ1) is 18.7. The first-order chi connectivity index (χ1) is 13.7. The molecule has 1 atom stereocenters. The van der Waals surface area contributed by atoms with Gasteiger partial charge in [-0.25, -0.2) is 9.97 Å². The predicted molar refractivity (Wildman–Crippen MR) is 111 cm³/mol. The van der Waals surface area contributed by atoms with E-state index in [1.165, 1.54) is 5.69 Å². The molecule has 0 saturated carbocycles. The van der Waals surface area contributed by atoms with E-state index in [1.54, 1.807) is 12.4 Å². The van der Waals surface area contributed by atoms with Gasteiger partial charge in [0.05, 0.1) is 6.04 Å². The van der Waals surface area contributed by atoms with Crippen LogP contribution in [0.3, 0.4) is 0 Å². The second kappa shape index (κ2) is 8.56. The highest BCUT2D eigenvalue weighted by atomic mass is 16.2. The topological polar surface area (TPSA) is 55.8 Å². The van der Waals surface area contributed by atoms with Gasteiger partial charge in [-0.2, -0.15) is 0 Å². The first-order valence-corrected chi connectivity index (χ1v) is 10.1. The molecule has 0 N–H and O–H groups in total. The number of nitrogens with zero attached hydrogens (tertiary/aromatic N) is 6. The molecule has 2 aromatic rings. The van der Waals surface area contributed by atoms with Crippen molar-refractivity contribution in [1.82, 2.24) is 19.8 Å². The zero-order chi connectivity index (χ0) is 19.3. The summed E-state index contributed by atoms with van der Waals surface area (Å²) in [7, 11) is 0. The largest absolute Gasteiger partial charge is 0.368 e. The lowest BCUT2D eigenvalue weighted by atomic mass is 10.1. The minimum absolute atomic E-state index is 0.0814. The first-order valence-electron chi connectivity index (χ1n) is 10.1. The molecule has 1 aromatic carbocycles. The van der Waals surface area contributed by atoms with E-state index in [9.17, 15) is 4.79 Å². The fraction of sp³-hybridized carbons (Fsp3) is 0.476. The quantitative estimate of drug-likeness (QED) is 0.798. The third-order valence-electron chi connectivity index (χ3n) is 5.77. The van der Waals surface area contributed by atoms with Gasteiger partial charge in [0, 0.05) is 70.4 Å². The Kier molecular flexibility index (Phi) is 5.71. The molecule has 148 valence electrons. The van der Waals surface area contributed by atoms with Crippen LogP contribution in [0.5, 0.6) is 0 Å². The average Bonchev–Trinajstić information content (AvgIpc) is 2.79. The smallest absolute Gasteiger partial charge is 0.239 e. The second-order valence-corrected chi connectivity index (χ2v) is 7.40. The van der Waals surface area contributed by atoms with Crippen molar-refractivity contribution in [2.75, 3.05) is 62.2 Å². The van der Waals surface area contributed by atoms with Gasteiger partial charge in [0.2, 0.25) is 11.9 Å². The van der Waals surface area contributed by atoms with Crippen LogP contribution in [0.1, 0.15) is 6.92 Å². The van der Waals surface area contributed by atoms with Crippen molar-refractivity contribution in [3.8, 4) is 0 Å². The molecular formula is C21H28N6O. The highest BCUT2D eigenvalue weighted by molar-refractivity contribution is 5.81. The van der Waals surface area contributed by atoms with Crippen molar-refractivity contribution in [2.24, 2.45) is 0 Å². The van der Waals surface area contributed by atoms with Crippen molar-refractivity contribution in [1.29, 1.82) is 0 Å². The number of rotatable bonds is 4. The number of hydrogen-bond donors (Lipinski definition) is 0. The van der Waals surface area contributed by atoms with Gasteiger partial charge in [0.15, 0.2) is 0 Å². The molecule has 1 aromatic heterocycles. The normalized spacial score (nSPS) is 19.5. The van der Waals surface area contributed by atoms with Crippen LogP contribution in [0.25, 0.3) is 0 Å². The van der Waals surface area contributed by atoms with Gasteiger partial charge in [0.25, 0.3) is 0 Å². The fourth-order valence-corrected chi connectivity index (χ4v) is 4.01. The Hall–Kier alpha value is -2.67. The molecule has 2 aliphatic heterocycles. The molecule has 0 radical (unpaired) electrons. The number of piperazine rings is 2. The third-order valence-corrected chi connectivity index (χ3v) is 5.77. The molecule has 7 nitrogen and oxygen atoms in total. The van der Waals surface area contributed by atoms with Gasteiger partial charge in [-0.1, -0.05) is 18.2 Å². The molecule has 3 heterocycles. The van der Waals surface area contributed by atoms with Gasteiger partial charge in [-0.05, 0) is 25.1 Å². The van der Waals surface area contributed by atoms with Gasteiger partial charge in [-0.3, -0.25) is 9.69 Å². The molecule has 0 aliphatic carbocycles. The molecule has 0 bridgehead atoms. The summed E-state index contributed by atoms with van der Waals surface area (Å²) >= 11 is 0. The SMILES string of the molecule is C[C@@H](C(=O)N1CCN(c2ccccc2)CC1)N1CCN(c2ncccn2)CC1. The average molecular weight is 380 g/mol. The summed E-state index contributed by atoms with van der Waals surface area (Å²) in [6.45, 7) is 8.81. The Morgan fingerprint density at radius 1 is 0.821 bits per heavy atom. The van der Waals surface area contributed by atoms with E-state index in [2.05, 4.69) is 48.9 Å². The Bertz CT molecular complexity index is 755. The minimum Gasteiger partial charge on any atom is -0.368 e. The number of hydrogen-bond acceptors (Lipinski definition) is 6. The molecule has 2 saturated heterocycles. The van der Waals surface area contributed by atoms with E-state index in [1.807, 2.05) is 24.0 Å². The summed E-state index contributed by atoms with van der Waals surface area (Å²) in [4.78, 5) is 30.5. The standard InChI is InChI=1S/C21H28N6O/c1-18(24-10-16-27(17-11-24)21-22-8-5-9-23-21)20(28)26-14-12-25(13-15-26)19-6-3-2-4-7-19/h2-9,18H,10-17H2,1H3/t18-/m0/s1. The highest BCUT2D eigenvalue weighted by Gasteiger charge is 2.30. The second-order valence-electron chi connectivity index (χ2n) is 7.40. The molecule has 2 fully saturated rings. The molecule has 0 unspecified atom stereocenters. The molecule has 2 aliphatic rings. The number of carbonyl (C=O) groups excluding carboxylic acids is 1. The summed E-state index contributed by atoms with van der Waals surface area (Å²) in [5.74, 6) is 1.02. The van der Waals surface area contributed by atoms with Crippen LogP contribution >= 0.6 is 0 Å². The Morgan fingerprint density at radius 2 is 1.43 bits per heavy atom. The number of anilines is 2. The van der Waals surface area contributed by atoms with Gasteiger partial charge < -0.3 is 14.7 Å². The maximum Gasteiger partial charge on any atom is 0.239 e. The number of para-hydroxylation sites is 1. The van der Waals surface area contributed by atoms with Crippen LogP contribution in [0.4, 0.5) is 11.6 Å². The molecule has 1 amide bonds. The van der Waals surface area contributed by atoms with Crippen LogP contribution in [0.2, 0.25) is 0 Å². The van der Waals surface area contributed by atoms with Crippen molar-refractivity contribution < 1.29 is 4.79 Å². The fourth-order valence-electron chi connectivity index (χ4n) is 4.01. The van der Waals surface area contributed by atoms with Crippen LogP contribution in [0.15, 0.2) is 48.8 Å². The Morgan fingerprint density at radius 3 is 2.07 bits per heavy atom. The number of aromatic nitrogens is 2. The van der Waals surface area contributed by atoms with Crippen LogP contribution in [0, 0.1) is 0 Å².